The molecule has 5 heteroatoms. The van der Waals surface area contributed by atoms with Gasteiger partial charge in [0.05, 0.1) is 0 Å². The van der Waals surface area contributed by atoms with E-state index < -0.39 is 0 Å². The summed E-state index contributed by atoms with van der Waals surface area (Å²) >= 11 is 0. The zero-order chi connectivity index (χ0) is 13.1. The minimum Gasteiger partial charge on any atom is -0.365 e. The van der Waals surface area contributed by atoms with Gasteiger partial charge in [-0.05, 0) is 32.6 Å². The van der Waals surface area contributed by atoms with Gasteiger partial charge in [0.15, 0.2) is 5.82 Å². The molecular formula is C13H22N4O. The first-order chi connectivity index (χ1) is 8.59. The smallest absolute Gasteiger partial charge is 0.293 e. The highest BCUT2D eigenvalue weighted by molar-refractivity contribution is 5.31. The van der Waals surface area contributed by atoms with E-state index in [0.29, 0.717) is 11.7 Å². The van der Waals surface area contributed by atoms with Crippen molar-refractivity contribution in [1.82, 2.24) is 9.55 Å². The summed E-state index contributed by atoms with van der Waals surface area (Å²) in [5, 5.41) is 3.16. The fraction of sp³-hybridized carbons (Fsp3) is 0.692. The van der Waals surface area contributed by atoms with Crippen molar-refractivity contribution in [3.05, 3.63) is 22.7 Å². The van der Waals surface area contributed by atoms with Gasteiger partial charge in [0, 0.05) is 31.0 Å². The molecule has 0 spiro atoms. The van der Waals surface area contributed by atoms with Gasteiger partial charge in [0.2, 0.25) is 0 Å². The van der Waals surface area contributed by atoms with Crippen LogP contribution in [0.25, 0.3) is 0 Å². The van der Waals surface area contributed by atoms with Crippen LogP contribution in [-0.2, 0) is 0 Å². The molecule has 0 aromatic carbocycles. The lowest BCUT2D eigenvalue weighted by Crippen LogP contribution is -2.32. The predicted octanol–water partition coefficient (Wildman–Crippen LogP) is 1.36. The molecule has 18 heavy (non-hydrogen) atoms. The van der Waals surface area contributed by atoms with Gasteiger partial charge >= 0.3 is 0 Å². The van der Waals surface area contributed by atoms with Crippen molar-refractivity contribution in [2.45, 2.75) is 45.2 Å². The zero-order valence-electron chi connectivity index (χ0n) is 11.1. The fourth-order valence-corrected chi connectivity index (χ4v) is 2.50. The second kappa shape index (κ2) is 5.52. The summed E-state index contributed by atoms with van der Waals surface area (Å²) < 4.78 is 1.68. The minimum atomic E-state index is -0.0564. The summed E-state index contributed by atoms with van der Waals surface area (Å²) in [5.74, 6) is 0.893. The molecule has 2 atom stereocenters. The number of rotatable bonds is 4. The van der Waals surface area contributed by atoms with Gasteiger partial charge in [0.1, 0.15) is 0 Å². The molecule has 1 fully saturated rings. The Balaban J connectivity index is 2.05. The molecule has 1 aliphatic carbocycles. The molecular weight excluding hydrogens is 228 g/mol. The fourth-order valence-electron chi connectivity index (χ4n) is 2.50. The maximum absolute atomic E-state index is 12.1. The van der Waals surface area contributed by atoms with Crippen LogP contribution < -0.4 is 16.6 Å². The van der Waals surface area contributed by atoms with Crippen molar-refractivity contribution >= 4 is 5.82 Å². The van der Waals surface area contributed by atoms with Crippen LogP contribution in [-0.4, -0.2) is 22.1 Å². The maximum Gasteiger partial charge on any atom is 0.293 e. The lowest BCUT2D eigenvalue weighted by Gasteiger charge is -2.17. The maximum atomic E-state index is 12.1. The summed E-state index contributed by atoms with van der Waals surface area (Å²) in [6.07, 6.45) is 6.80. The lowest BCUT2D eigenvalue weighted by atomic mass is 10.1. The second-order valence-corrected chi connectivity index (χ2v) is 5.32. The van der Waals surface area contributed by atoms with Crippen molar-refractivity contribution in [2.75, 3.05) is 11.9 Å². The molecule has 1 aromatic rings. The van der Waals surface area contributed by atoms with Crippen molar-refractivity contribution in [3.8, 4) is 0 Å². The first kappa shape index (κ1) is 13.1. The normalized spacial score (nSPS) is 23.6. The topological polar surface area (TPSA) is 72.9 Å². The molecule has 100 valence electrons. The first-order valence-corrected chi connectivity index (χ1v) is 6.66. The standard InChI is InChI=1S/C13H22N4O/c1-9(2)17-7-6-15-12(13(17)18)16-8-10-4-3-5-11(10)14/h6-7,9-11H,3-5,8,14H2,1-2H3,(H,15,16). The van der Waals surface area contributed by atoms with Crippen LogP contribution in [0, 0.1) is 5.92 Å². The van der Waals surface area contributed by atoms with E-state index >= 15 is 0 Å². The third-order valence-electron chi connectivity index (χ3n) is 3.67. The van der Waals surface area contributed by atoms with E-state index in [0.717, 1.165) is 19.4 Å². The second-order valence-electron chi connectivity index (χ2n) is 5.32. The number of hydrogen-bond acceptors (Lipinski definition) is 4. The Morgan fingerprint density at radius 1 is 1.56 bits per heavy atom. The van der Waals surface area contributed by atoms with Crippen molar-refractivity contribution in [2.24, 2.45) is 11.7 Å². The lowest BCUT2D eigenvalue weighted by molar-refractivity contribution is 0.503. The molecule has 2 unspecified atom stereocenters. The van der Waals surface area contributed by atoms with Gasteiger partial charge in [-0.3, -0.25) is 4.79 Å². The number of nitrogens with one attached hydrogen (secondary N) is 1. The summed E-state index contributed by atoms with van der Waals surface area (Å²) in [5.41, 5.74) is 5.96. The van der Waals surface area contributed by atoms with Gasteiger partial charge in [-0.15, -0.1) is 0 Å². The highest BCUT2D eigenvalue weighted by Gasteiger charge is 2.23. The van der Waals surface area contributed by atoms with Gasteiger partial charge in [-0.25, -0.2) is 4.98 Å². The molecule has 0 radical (unpaired) electrons. The monoisotopic (exact) mass is 250 g/mol. The SMILES string of the molecule is CC(C)n1ccnc(NCC2CCCC2N)c1=O. The van der Waals surface area contributed by atoms with Gasteiger partial charge in [0.25, 0.3) is 5.56 Å². The number of nitrogens with zero attached hydrogens (tertiary/aromatic N) is 2. The molecule has 1 saturated carbocycles. The Kier molecular flexibility index (Phi) is 4.01. The number of aromatic nitrogens is 2. The Morgan fingerprint density at radius 2 is 2.33 bits per heavy atom. The van der Waals surface area contributed by atoms with E-state index in [1.165, 1.54) is 6.42 Å². The molecule has 3 N–H and O–H groups in total. The molecule has 5 nitrogen and oxygen atoms in total. The molecule has 0 saturated heterocycles. The van der Waals surface area contributed by atoms with Crippen LogP contribution in [0.4, 0.5) is 5.82 Å². The summed E-state index contributed by atoms with van der Waals surface area (Å²) in [7, 11) is 0. The minimum absolute atomic E-state index is 0.0564. The van der Waals surface area contributed by atoms with Crippen LogP contribution in [0.1, 0.15) is 39.2 Å². The van der Waals surface area contributed by atoms with E-state index in [4.69, 9.17) is 5.73 Å². The van der Waals surface area contributed by atoms with E-state index in [-0.39, 0.29) is 17.6 Å². The third kappa shape index (κ3) is 2.72. The quantitative estimate of drug-likeness (QED) is 0.846. The number of nitrogens with two attached hydrogens (primary N) is 1. The van der Waals surface area contributed by atoms with E-state index in [9.17, 15) is 4.79 Å². The highest BCUT2D eigenvalue weighted by atomic mass is 16.1. The van der Waals surface area contributed by atoms with Crippen molar-refractivity contribution < 1.29 is 0 Å². The number of hydrogen-bond donors (Lipinski definition) is 2. The first-order valence-electron chi connectivity index (χ1n) is 6.66. The number of anilines is 1. The van der Waals surface area contributed by atoms with Crippen LogP contribution in [0.15, 0.2) is 17.2 Å². The average Bonchev–Trinajstić information content (AvgIpc) is 2.73. The van der Waals surface area contributed by atoms with Crippen LogP contribution in [0.5, 0.6) is 0 Å². The Bertz CT molecular complexity index is 455. The average molecular weight is 250 g/mol. The van der Waals surface area contributed by atoms with Crippen molar-refractivity contribution in [1.29, 1.82) is 0 Å². The molecule has 0 aliphatic heterocycles. The molecule has 0 bridgehead atoms. The van der Waals surface area contributed by atoms with E-state index in [1.807, 2.05) is 13.8 Å². The largest absolute Gasteiger partial charge is 0.365 e. The molecule has 1 aliphatic rings. The van der Waals surface area contributed by atoms with Crippen LogP contribution in [0.2, 0.25) is 0 Å². The Morgan fingerprint density at radius 3 is 2.94 bits per heavy atom. The molecule has 2 rings (SSSR count). The zero-order valence-corrected chi connectivity index (χ0v) is 11.1. The van der Waals surface area contributed by atoms with Gasteiger partial charge < -0.3 is 15.6 Å². The summed E-state index contributed by atoms with van der Waals surface area (Å²) in [6, 6.07) is 0.406. The molecule has 1 heterocycles. The Hall–Kier alpha value is -1.36. The van der Waals surface area contributed by atoms with Gasteiger partial charge in [-0.2, -0.15) is 0 Å². The Labute approximate surface area is 107 Å². The predicted molar refractivity (Wildman–Crippen MR) is 72.7 cm³/mol. The molecule has 1 aromatic heterocycles. The third-order valence-corrected chi connectivity index (χ3v) is 3.67. The van der Waals surface area contributed by atoms with Crippen molar-refractivity contribution in [3.63, 3.8) is 0 Å². The summed E-state index contributed by atoms with van der Waals surface area (Å²) in [6.45, 7) is 4.71. The van der Waals surface area contributed by atoms with E-state index in [1.54, 1.807) is 17.0 Å². The van der Waals surface area contributed by atoms with Crippen LogP contribution in [0.3, 0.4) is 0 Å². The van der Waals surface area contributed by atoms with Crippen LogP contribution >= 0.6 is 0 Å². The van der Waals surface area contributed by atoms with Gasteiger partial charge in [-0.1, -0.05) is 6.42 Å². The molecule has 0 amide bonds. The highest BCUT2D eigenvalue weighted by Crippen LogP contribution is 2.23. The van der Waals surface area contributed by atoms with E-state index in [2.05, 4.69) is 10.3 Å². The summed E-state index contributed by atoms with van der Waals surface area (Å²) in [4.78, 5) is 16.2.